The molecule has 0 spiro atoms. The number of aromatic nitrogens is 1. The minimum Gasteiger partial charge on any atom is -0.493 e. The summed E-state index contributed by atoms with van der Waals surface area (Å²) < 4.78 is 17.1. The Kier molecular flexibility index (Phi) is 8.21. The first kappa shape index (κ1) is 15.0. The number of hydrogen-bond acceptors (Lipinski definition) is 5. The van der Waals surface area contributed by atoms with Gasteiger partial charge in [0.25, 0.3) is 0 Å². The van der Waals surface area contributed by atoms with E-state index in [1.165, 1.54) is 0 Å². The summed E-state index contributed by atoms with van der Waals surface area (Å²) in [7, 11) is -0.828. The maximum Gasteiger partial charge on any atom is 0.122 e. The number of rotatable bonds is 9. The molecule has 1 aromatic rings. The van der Waals surface area contributed by atoms with E-state index in [1.54, 1.807) is 24.5 Å². The molecule has 98 valence electrons. The normalized spacial score (nSPS) is 11.6. The highest BCUT2D eigenvalue weighted by molar-refractivity contribution is 7.84. The van der Waals surface area contributed by atoms with Crippen molar-refractivity contribution in [2.24, 2.45) is 4.99 Å². The van der Waals surface area contributed by atoms with Crippen molar-refractivity contribution in [1.82, 2.24) is 4.98 Å². The minimum absolute atomic E-state index is 0.467. The molecule has 0 aliphatic rings. The maximum absolute atomic E-state index is 11.6. The highest BCUT2D eigenvalue weighted by Gasteiger charge is 2.00. The van der Waals surface area contributed by atoms with E-state index < -0.39 is 10.8 Å². The molecule has 1 rings (SSSR count). The lowest BCUT2D eigenvalue weighted by atomic mass is 10.3. The number of thiocarbonyl (C=S) groups is 1. The van der Waals surface area contributed by atoms with E-state index in [0.29, 0.717) is 24.7 Å². The number of nitrogens with zero attached hydrogens (tertiary/aromatic N) is 2. The molecule has 0 saturated heterocycles. The van der Waals surface area contributed by atoms with Crippen LogP contribution in [0.4, 0.5) is 0 Å². The quantitative estimate of drug-likeness (QED) is 0.396. The van der Waals surface area contributed by atoms with E-state index in [1.807, 2.05) is 0 Å². The topological polar surface area (TPSA) is 51.5 Å². The smallest absolute Gasteiger partial charge is 0.122 e. The zero-order chi connectivity index (χ0) is 13.1. The van der Waals surface area contributed by atoms with Crippen LogP contribution in [-0.4, -0.2) is 39.0 Å². The lowest BCUT2D eigenvalue weighted by Gasteiger charge is -2.05. The van der Waals surface area contributed by atoms with Crippen LogP contribution in [0.2, 0.25) is 0 Å². The predicted octanol–water partition coefficient (Wildman–Crippen LogP) is 2.09. The largest absolute Gasteiger partial charge is 0.493 e. The molecular weight excluding hydrogens is 268 g/mol. The maximum atomic E-state index is 11.6. The molecule has 18 heavy (non-hydrogen) atoms. The van der Waals surface area contributed by atoms with Crippen molar-refractivity contribution in [3.8, 4) is 5.75 Å². The Balaban J connectivity index is 2.05. The molecule has 0 N–H and O–H groups in total. The lowest BCUT2D eigenvalue weighted by Crippen LogP contribution is -2.11. The second-order valence-electron chi connectivity index (χ2n) is 3.56. The molecule has 0 saturated carbocycles. The number of pyridine rings is 1. The number of ether oxygens (including phenoxy) is 1. The van der Waals surface area contributed by atoms with Crippen molar-refractivity contribution in [3.63, 3.8) is 0 Å². The molecule has 0 bridgehead atoms. The van der Waals surface area contributed by atoms with Gasteiger partial charge in [0.2, 0.25) is 0 Å². The van der Waals surface area contributed by atoms with Gasteiger partial charge >= 0.3 is 0 Å². The van der Waals surface area contributed by atoms with Gasteiger partial charge < -0.3 is 4.74 Å². The second-order valence-corrected chi connectivity index (χ2v) is 5.44. The Morgan fingerprint density at radius 1 is 1.33 bits per heavy atom. The SMILES string of the molecule is O=S(CCCCN=C=S)CCOc1ccncc1. The molecule has 0 radical (unpaired) electrons. The summed E-state index contributed by atoms with van der Waals surface area (Å²) >= 11 is 4.46. The minimum atomic E-state index is -0.828. The van der Waals surface area contributed by atoms with Gasteiger partial charge in [0.15, 0.2) is 0 Å². The van der Waals surface area contributed by atoms with Crippen molar-refractivity contribution in [3.05, 3.63) is 24.5 Å². The Morgan fingerprint density at radius 2 is 2.11 bits per heavy atom. The second kappa shape index (κ2) is 9.88. The molecule has 1 heterocycles. The monoisotopic (exact) mass is 284 g/mol. The number of unbranched alkanes of at least 4 members (excludes halogenated alkanes) is 1. The summed E-state index contributed by atoms with van der Waals surface area (Å²) in [6, 6.07) is 3.57. The first-order chi connectivity index (χ1) is 8.83. The van der Waals surface area contributed by atoms with E-state index in [4.69, 9.17) is 4.74 Å². The van der Waals surface area contributed by atoms with E-state index in [-0.39, 0.29) is 0 Å². The average molecular weight is 284 g/mol. The van der Waals surface area contributed by atoms with Crippen LogP contribution in [-0.2, 0) is 10.8 Å². The van der Waals surface area contributed by atoms with E-state index in [2.05, 4.69) is 27.4 Å². The van der Waals surface area contributed by atoms with Crippen molar-refractivity contribution in [2.45, 2.75) is 12.8 Å². The summed E-state index contributed by atoms with van der Waals surface area (Å²) in [5.74, 6) is 2.00. The Labute approximate surface area is 115 Å². The van der Waals surface area contributed by atoms with Crippen molar-refractivity contribution >= 4 is 28.2 Å². The Hall–Kier alpha value is -1.10. The number of hydrogen-bond donors (Lipinski definition) is 0. The first-order valence-electron chi connectivity index (χ1n) is 5.74. The molecule has 0 aromatic carbocycles. The van der Waals surface area contributed by atoms with Gasteiger partial charge in [-0.2, -0.15) is 0 Å². The van der Waals surface area contributed by atoms with Gasteiger partial charge in [0.05, 0.1) is 17.5 Å². The van der Waals surface area contributed by atoms with Gasteiger partial charge in [-0.1, -0.05) is 0 Å². The molecule has 1 aromatic heterocycles. The average Bonchev–Trinajstić information content (AvgIpc) is 2.40. The zero-order valence-corrected chi connectivity index (χ0v) is 11.7. The summed E-state index contributed by atoms with van der Waals surface area (Å²) in [6.07, 6.45) is 5.13. The molecule has 4 nitrogen and oxygen atoms in total. The van der Waals surface area contributed by atoms with Crippen LogP contribution in [0.25, 0.3) is 0 Å². The van der Waals surface area contributed by atoms with E-state index in [9.17, 15) is 4.21 Å². The summed E-state index contributed by atoms with van der Waals surface area (Å²) in [6.45, 7) is 1.14. The fraction of sp³-hybridized carbons (Fsp3) is 0.500. The van der Waals surface area contributed by atoms with Crippen LogP contribution in [0, 0.1) is 0 Å². The van der Waals surface area contributed by atoms with Crippen LogP contribution in [0.3, 0.4) is 0 Å². The molecular formula is C12H16N2O2S2. The van der Waals surface area contributed by atoms with Crippen molar-refractivity contribution < 1.29 is 8.95 Å². The molecule has 6 heteroatoms. The molecule has 0 amide bonds. The van der Waals surface area contributed by atoms with Crippen LogP contribution in [0.1, 0.15) is 12.8 Å². The molecule has 1 atom stereocenters. The number of aliphatic imine (C=N–C) groups is 1. The summed E-state index contributed by atoms with van der Waals surface area (Å²) in [5, 5.41) is 2.32. The van der Waals surface area contributed by atoms with Crippen LogP contribution < -0.4 is 4.74 Å². The fourth-order valence-electron chi connectivity index (χ4n) is 1.29. The molecule has 1 unspecified atom stereocenters. The van der Waals surface area contributed by atoms with Gasteiger partial charge in [-0.05, 0) is 37.2 Å². The standard InChI is InChI=1S/C12H16N2O2S2/c15-18(9-2-1-5-14-11-17)10-8-16-12-3-6-13-7-4-12/h3-4,6-7H,1-2,5,8-10H2. The third-order valence-corrected chi connectivity index (χ3v) is 3.68. The summed E-state index contributed by atoms with van der Waals surface area (Å²) in [5.41, 5.74) is 0. The van der Waals surface area contributed by atoms with Crippen molar-refractivity contribution in [2.75, 3.05) is 24.7 Å². The lowest BCUT2D eigenvalue weighted by molar-refractivity contribution is 0.342. The van der Waals surface area contributed by atoms with E-state index >= 15 is 0 Å². The van der Waals surface area contributed by atoms with Crippen LogP contribution in [0.15, 0.2) is 29.5 Å². The van der Waals surface area contributed by atoms with Gasteiger partial charge in [-0.3, -0.25) is 9.19 Å². The van der Waals surface area contributed by atoms with Gasteiger partial charge in [0, 0.05) is 35.5 Å². The molecule has 0 fully saturated rings. The van der Waals surface area contributed by atoms with Gasteiger partial charge in [-0.25, -0.2) is 4.99 Å². The van der Waals surface area contributed by atoms with Crippen molar-refractivity contribution in [1.29, 1.82) is 0 Å². The van der Waals surface area contributed by atoms with Crippen LogP contribution >= 0.6 is 12.2 Å². The Bertz CT molecular complexity index is 406. The first-order valence-corrected chi connectivity index (χ1v) is 7.64. The van der Waals surface area contributed by atoms with Gasteiger partial charge in [0.1, 0.15) is 5.75 Å². The third kappa shape index (κ3) is 7.27. The number of isothiocyanates is 1. The third-order valence-electron chi connectivity index (χ3n) is 2.19. The van der Waals surface area contributed by atoms with E-state index in [0.717, 1.165) is 18.6 Å². The predicted molar refractivity (Wildman–Crippen MR) is 76.7 cm³/mol. The zero-order valence-electron chi connectivity index (χ0n) is 10.1. The summed E-state index contributed by atoms with van der Waals surface area (Å²) in [4.78, 5) is 7.70. The highest BCUT2D eigenvalue weighted by Crippen LogP contribution is 2.06. The Morgan fingerprint density at radius 3 is 2.83 bits per heavy atom. The molecule has 0 aliphatic carbocycles. The van der Waals surface area contributed by atoms with Crippen LogP contribution in [0.5, 0.6) is 5.75 Å². The highest BCUT2D eigenvalue weighted by atomic mass is 32.2. The molecule has 0 aliphatic heterocycles. The van der Waals surface area contributed by atoms with Gasteiger partial charge in [-0.15, -0.1) is 0 Å². The fourth-order valence-corrected chi connectivity index (χ4v) is 2.38.